The van der Waals surface area contributed by atoms with Crippen molar-refractivity contribution in [1.29, 1.82) is 0 Å². The molecule has 5 heteroatoms. The fourth-order valence-electron chi connectivity index (χ4n) is 2.40. The van der Waals surface area contributed by atoms with E-state index in [-0.39, 0.29) is 30.0 Å². The molecule has 0 aliphatic heterocycles. The van der Waals surface area contributed by atoms with Crippen molar-refractivity contribution in [1.82, 2.24) is 0 Å². The van der Waals surface area contributed by atoms with Crippen LogP contribution in [-0.4, -0.2) is 11.8 Å². The van der Waals surface area contributed by atoms with Crippen LogP contribution in [0, 0.1) is 11.7 Å². The molecule has 0 bridgehead atoms. The average molecular weight is 326 g/mol. The van der Waals surface area contributed by atoms with E-state index >= 15 is 0 Å². The van der Waals surface area contributed by atoms with Gasteiger partial charge in [-0.25, -0.2) is 4.39 Å². The number of rotatable bonds is 6. The number of amides is 2. The summed E-state index contributed by atoms with van der Waals surface area (Å²) in [5.41, 5.74) is 2.19. The number of carbonyl (C=O) groups is 2. The Morgan fingerprint density at radius 3 is 2.29 bits per heavy atom. The molecule has 0 aromatic heterocycles. The molecule has 1 aliphatic rings. The van der Waals surface area contributed by atoms with Crippen LogP contribution in [0.4, 0.5) is 15.8 Å². The van der Waals surface area contributed by atoms with E-state index in [1.165, 1.54) is 12.1 Å². The predicted octanol–water partition coefficient (Wildman–Crippen LogP) is 3.75. The first-order chi connectivity index (χ1) is 11.6. The third-order valence-electron chi connectivity index (χ3n) is 3.91. The molecule has 2 N–H and O–H groups in total. The molecule has 1 saturated carbocycles. The third-order valence-corrected chi connectivity index (χ3v) is 3.91. The van der Waals surface area contributed by atoms with Gasteiger partial charge in [0.25, 0.3) is 0 Å². The molecule has 4 nitrogen and oxygen atoms in total. The molecule has 0 spiro atoms. The van der Waals surface area contributed by atoms with Gasteiger partial charge in [0.05, 0.1) is 0 Å². The van der Waals surface area contributed by atoms with Gasteiger partial charge in [0.1, 0.15) is 5.82 Å². The van der Waals surface area contributed by atoms with E-state index in [4.69, 9.17) is 0 Å². The normalized spacial score (nSPS) is 13.4. The van der Waals surface area contributed by atoms with Gasteiger partial charge in [-0.05, 0) is 61.2 Å². The van der Waals surface area contributed by atoms with Crippen molar-refractivity contribution in [2.24, 2.45) is 5.92 Å². The first-order valence-corrected chi connectivity index (χ1v) is 8.05. The number of halogens is 1. The van der Waals surface area contributed by atoms with Crippen molar-refractivity contribution >= 4 is 23.2 Å². The first kappa shape index (κ1) is 16.2. The zero-order valence-corrected chi connectivity index (χ0v) is 13.2. The van der Waals surface area contributed by atoms with Crippen molar-refractivity contribution in [3.63, 3.8) is 0 Å². The summed E-state index contributed by atoms with van der Waals surface area (Å²) in [6.07, 6.45) is 2.69. The van der Waals surface area contributed by atoms with Crippen molar-refractivity contribution in [3.05, 3.63) is 59.9 Å². The summed E-state index contributed by atoms with van der Waals surface area (Å²) in [5, 5.41) is 5.65. The van der Waals surface area contributed by atoms with Crippen molar-refractivity contribution < 1.29 is 14.0 Å². The Balaban J connectivity index is 1.48. The maximum Gasteiger partial charge on any atom is 0.227 e. The van der Waals surface area contributed by atoms with E-state index < -0.39 is 0 Å². The van der Waals surface area contributed by atoms with Gasteiger partial charge in [0.15, 0.2) is 0 Å². The van der Waals surface area contributed by atoms with Gasteiger partial charge in [-0.15, -0.1) is 0 Å². The minimum atomic E-state index is -0.295. The Bertz CT molecular complexity index is 739. The van der Waals surface area contributed by atoms with Crippen LogP contribution >= 0.6 is 0 Å². The molecule has 2 aromatic rings. The highest BCUT2D eigenvalue weighted by Gasteiger charge is 2.29. The van der Waals surface area contributed by atoms with E-state index in [0.29, 0.717) is 12.1 Å². The lowest BCUT2D eigenvalue weighted by Crippen LogP contribution is -2.14. The molecular formula is C19H19FN2O2. The zero-order chi connectivity index (χ0) is 16.9. The van der Waals surface area contributed by atoms with Gasteiger partial charge < -0.3 is 10.6 Å². The molecule has 2 amide bonds. The second kappa shape index (κ2) is 7.25. The molecule has 24 heavy (non-hydrogen) atoms. The van der Waals surface area contributed by atoms with E-state index in [0.717, 1.165) is 24.1 Å². The molecule has 0 unspecified atom stereocenters. The molecule has 1 fully saturated rings. The second-order valence-corrected chi connectivity index (χ2v) is 6.02. The van der Waals surface area contributed by atoms with Crippen LogP contribution in [0.1, 0.15) is 24.8 Å². The summed E-state index contributed by atoms with van der Waals surface area (Å²) in [4.78, 5) is 23.6. The second-order valence-electron chi connectivity index (χ2n) is 6.02. The molecule has 124 valence electrons. The highest BCUT2D eigenvalue weighted by atomic mass is 19.1. The Labute approximate surface area is 140 Å². The maximum atomic E-state index is 13.1. The summed E-state index contributed by atoms with van der Waals surface area (Å²) in [7, 11) is 0. The fraction of sp³-hybridized carbons (Fsp3) is 0.263. The molecule has 0 saturated heterocycles. The van der Waals surface area contributed by atoms with Gasteiger partial charge >= 0.3 is 0 Å². The van der Waals surface area contributed by atoms with E-state index in [9.17, 15) is 14.0 Å². The van der Waals surface area contributed by atoms with Crippen LogP contribution < -0.4 is 10.6 Å². The molecule has 2 aromatic carbocycles. The average Bonchev–Trinajstić information content (AvgIpc) is 3.40. The minimum Gasteiger partial charge on any atom is -0.326 e. The number of carbonyl (C=O) groups excluding carboxylic acids is 2. The Morgan fingerprint density at radius 2 is 1.67 bits per heavy atom. The monoisotopic (exact) mass is 326 g/mol. The minimum absolute atomic E-state index is 0.0573. The van der Waals surface area contributed by atoms with Gasteiger partial charge in [-0.2, -0.15) is 0 Å². The highest BCUT2D eigenvalue weighted by Crippen LogP contribution is 2.30. The molecule has 1 aliphatic carbocycles. The summed E-state index contributed by atoms with van der Waals surface area (Å²) in [6, 6.07) is 13.3. The van der Waals surface area contributed by atoms with Gasteiger partial charge in [0, 0.05) is 23.7 Å². The Kier molecular flexibility index (Phi) is 4.89. The number of hydrogen-bond donors (Lipinski definition) is 2. The molecule has 0 heterocycles. The molecule has 3 rings (SSSR count). The van der Waals surface area contributed by atoms with Crippen LogP contribution in [0.2, 0.25) is 0 Å². The number of nitrogens with one attached hydrogen (secondary N) is 2. The Hall–Kier alpha value is -2.69. The lowest BCUT2D eigenvalue weighted by Gasteiger charge is -2.08. The van der Waals surface area contributed by atoms with Crippen LogP contribution in [0.25, 0.3) is 0 Å². The number of anilines is 2. The number of aryl methyl sites for hydroxylation is 1. The fourth-order valence-corrected chi connectivity index (χ4v) is 2.40. The molecule has 0 radical (unpaired) electrons. The van der Waals surface area contributed by atoms with E-state index in [1.54, 1.807) is 36.4 Å². The van der Waals surface area contributed by atoms with Crippen LogP contribution in [0.5, 0.6) is 0 Å². The van der Waals surface area contributed by atoms with Crippen LogP contribution in [-0.2, 0) is 16.0 Å². The number of benzene rings is 2. The number of hydrogen-bond acceptors (Lipinski definition) is 2. The summed E-state index contributed by atoms with van der Waals surface area (Å²) in [5.74, 6) is -0.208. The molecular weight excluding hydrogens is 307 g/mol. The van der Waals surface area contributed by atoms with E-state index in [1.807, 2.05) is 0 Å². The first-order valence-electron chi connectivity index (χ1n) is 8.05. The topological polar surface area (TPSA) is 58.2 Å². The largest absolute Gasteiger partial charge is 0.326 e. The van der Waals surface area contributed by atoms with Crippen LogP contribution in [0.3, 0.4) is 0 Å². The van der Waals surface area contributed by atoms with E-state index in [2.05, 4.69) is 10.6 Å². The van der Waals surface area contributed by atoms with Crippen molar-refractivity contribution in [2.45, 2.75) is 25.7 Å². The summed E-state index contributed by atoms with van der Waals surface area (Å²) in [6.45, 7) is 0. The highest BCUT2D eigenvalue weighted by molar-refractivity contribution is 5.95. The smallest absolute Gasteiger partial charge is 0.227 e. The van der Waals surface area contributed by atoms with Gasteiger partial charge in [-0.3, -0.25) is 9.59 Å². The van der Waals surface area contributed by atoms with Gasteiger partial charge in [-0.1, -0.05) is 12.1 Å². The quantitative estimate of drug-likeness (QED) is 0.849. The van der Waals surface area contributed by atoms with Crippen molar-refractivity contribution in [3.8, 4) is 0 Å². The summed E-state index contributed by atoms with van der Waals surface area (Å²) >= 11 is 0. The lowest BCUT2D eigenvalue weighted by atomic mass is 10.1. The van der Waals surface area contributed by atoms with Gasteiger partial charge in [0.2, 0.25) is 11.8 Å². The Morgan fingerprint density at radius 1 is 1.00 bits per heavy atom. The SMILES string of the molecule is O=C(CCc1cccc(F)c1)Nc1ccc(NC(=O)C2CC2)cc1. The van der Waals surface area contributed by atoms with Crippen molar-refractivity contribution in [2.75, 3.05) is 10.6 Å². The maximum absolute atomic E-state index is 13.1. The standard InChI is InChI=1S/C19H19FN2O2/c20-15-3-1-2-13(12-15)4-11-18(23)21-16-7-9-17(10-8-16)22-19(24)14-5-6-14/h1-3,7-10,12,14H,4-6,11H2,(H,21,23)(H,22,24). The third kappa shape index (κ3) is 4.65. The molecule has 0 atom stereocenters. The zero-order valence-electron chi connectivity index (χ0n) is 13.2. The predicted molar refractivity (Wildman–Crippen MR) is 91.1 cm³/mol. The van der Waals surface area contributed by atoms with Crippen LogP contribution in [0.15, 0.2) is 48.5 Å². The summed E-state index contributed by atoms with van der Waals surface area (Å²) < 4.78 is 13.1. The lowest BCUT2D eigenvalue weighted by molar-refractivity contribution is -0.117.